The van der Waals surface area contributed by atoms with Crippen LogP contribution in [0.5, 0.6) is 0 Å². The largest absolute Gasteiger partial charge is 0.326 e. The monoisotopic (exact) mass is 412 g/mol. The molecule has 0 amide bonds. The zero-order valence-electron chi connectivity index (χ0n) is 10.0. The van der Waals surface area contributed by atoms with Crippen LogP contribution in [-0.2, 0) is 9.66 Å². The van der Waals surface area contributed by atoms with Gasteiger partial charge in [0.25, 0.3) is 0 Å². The summed E-state index contributed by atoms with van der Waals surface area (Å²) in [6.07, 6.45) is 0. The zero-order chi connectivity index (χ0) is 15.2. The first-order chi connectivity index (χ1) is 9.21. The quantitative estimate of drug-likeness (QED) is 0.402. The predicted octanol–water partition coefficient (Wildman–Crippen LogP) is 6.26. The number of halogens is 6. The Morgan fingerprint density at radius 2 is 0.750 bits per heavy atom. The predicted molar refractivity (Wildman–Crippen MR) is 78.5 cm³/mol. The number of benzene rings is 2. The van der Waals surface area contributed by atoms with Gasteiger partial charge in [0, 0.05) is 11.1 Å². The summed E-state index contributed by atoms with van der Waals surface area (Å²) < 4.78 is 50.4. The van der Waals surface area contributed by atoms with Crippen LogP contribution in [0.25, 0.3) is 0 Å². The van der Waals surface area contributed by atoms with Crippen LogP contribution in [0.15, 0.2) is 60.7 Å². The minimum Gasteiger partial charge on any atom is -0.188 e. The van der Waals surface area contributed by atoms with E-state index in [1.54, 1.807) is 0 Å². The SMILES string of the molecule is FC(F)(Br)c1ccc(C(F)(F)Br)cc1.c1ccccc1. The third-order valence-electron chi connectivity index (χ3n) is 2.21. The molecule has 0 N–H and O–H groups in total. The summed E-state index contributed by atoms with van der Waals surface area (Å²) in [7, 11) is 0. The van der Waals surface area contributed by atoms with Crippen molar-refractivity contribution in [2.24, 2.45) is 0 Å². The van der Waals surface area contributed by atoms with Crippen molar-refractivity contribution in [3.8, 4) is 0 Å². The van der Waals surface area contributed by atoms with Crippen LogP contribution in [0.1, 0.15) is 11.1 Å². The third-order valence-corrected chi connectivity index (χ3v) is 3.12. The molecule has 0 fully saturated rings. The molecule has 0 aliphatic rings. The molecule has 2 rings (SSSR count). The lowest BCUT2D eigenvalue weighted by Gasteiger charge is -2.11. The molecule has 20 heavy (non-hydrogen) atoms. The zero-order valence-corrected chi connectivity index (χ0v) is 13.2. The van der Waals surface area contributed by atoms with E-state index in [4.69, 9.17) is 0 Å². The molecule has 0 saturated carbocycles. The summed E-state index contributed by atoms with van der Waals surface area (Å²) in [6, 6.07) is 15.8. The summed E-state index contributed by atoms with van der Waals surface area (Å²) in [4.78, 5) is -6.37. The van der Waals surface area contributed by atoms with Crippen molar-refractivity contribution in [1.29, 1.82) is 0 Å². The van der Waals surface area contributed by atoms with Gasteiger partial charge in [0.15, 0.2) is 0 Å². The molecule has 0 aromatic heterocycles. The van der Waals surface area contributed by atoms with Crippen LogP contribution in [0, 0.1) is 0 Å². The summed E-state index contributed by atoms with van der Waals surface area (Å²) >= 11 is 4.26. The van der Waals surface area contributed by atoms with Gasteiger partial charge >= 0.3 is 9.66 Å². The van der Waals surface area contributed by atoms with Crippen molar-refractivity contribution in [3.05, 3.63) is 71.8 Å². The fourth-order valence-electron chi connectivity index (χ4n) is 1.23. The van der Waals surface area contributed by atoms with Crippen molar-refractivity contribution in [2.75, 3.05) is 0 Å². The normalized spacial score (nSPS) is 11.5. The maximum Gasteiger partial charge on any atom is 0.326 e. The molecule has 2 aromatic rings. The summed E-state index contributed by atoms with van der Waals surface area (Å²) in [5.74, 6) is 0. The van der Waals surface area contributed by atoms with E-state index in [0.717, 1.165) is 24.3 Å². The number of rotatable bonds is 2. The molecule has 0 heterocycles. The maximum absolute atomic E-state index is 12.6. The molecule has 6 heteroatoms. The van der Waals surface area contributed by atoms with E-state index in [0.29, 0.717) is 0 Å². The van der Waals surface area contributed by atoms with Crippen molar-refractivity contribution in [2.45, 2.75) is 9.66 Å². The molecule has 0 saturated heterocycles. The first-order valence-corrected chi connectivity index (χ1v) is 7.04. The van der Waals surface area contributed by atoms with Crippen LogP contribution in [-0.4, -0.2) is 0 Å². The van der Waals surface area contributed by atoms with Gasteiger partial charge in [-0.15, -0.1) is 0 Å². The fourth-order valence-corrected chi connectivity index (χ4v) is 1.76. The number of alkyl halides is 6. The Labute approximate surface area is 131 Å². The number of hydrogen-bond donors (Lipinski definition) is 0. The van der Waals surface area contributed by atoms with Gasteiger partial charge in [-0.05, 0) is 31.9 Å². The van der Waals surface area contributed by atoms with Gasteiger partial charge in [-0.3, -0.25) is 0 Å². The molecule has 0 nitrogen and oxygen atoms in total. The lowest BCUT2D eigenvalue weighted by atomic mass is 10.1. The van der Waals surface area contributed by atoms with Crippen LogP contribution in [0.2, 0.25) is 0 Å². The van der Waals surface area contributed by atoms with E-state index < -0.39 is 9.66 Å². The van der Waals surface area contributed by atoms with E-state index in [-0.39, 0.29) is 11.1 Å². The molecular weight excluding hydrogens is 404 g/mol. The van der Waals surface area contributed by atoms with E-state index in [9.17, 15) is 17.6 Å². The Bertz CT molecular complexity index is 442. The lowest BCUT2D eigenvalue weighted by molar-refractivity contribution is 0.110. The van der Waals surface area contributed by atoms with Crippen LogP contribution < -0.4 is 0 Å². The van der Waals surface area contributed by atoms with Crippen molar-refractivity contribution < 1.29 is 17.6 Å². The minimum atomic E-state index is -3.19. The van der Waals surface area contributed by atoms with E-state index >= 15 is 0 Å². The average Bonchev–Trinajstić information content (AvgIpc) is 2.40. The molecule has 108 valence electrons. The van der Waals surface area contributed by atoms with Gasteiger partial charge in [-0.1, -0.05) is 60.7 Å². The average molecular weight is 414 g/mol. The summed E-state index contributed by atoms with van der Waals surface area (Å²) in [5.41, 5.74) is -0.726. The first kappa shape index (κ1) is 17.2. The van der Waals surface area contributed by atoms with E-state index in [1.165, 1.54) is 0 Å². The van der Waals surface area contributed by atoms with Gasteiger partial charge in [0.1, 0.15) is 0 Å². The molecule has 0 unspecified atom stereocenters. The van der Waals surface area contributed by atoms with Crippen LogP contribution >= 0.6 is 31.9 Å². The van der Waals surface area contributed by atoms with Gasteiger partial charge in [-0.2, -0.15) is 17.6 Å². The lowest BCUT2D eigenvalue weighted by Crippen LogP contribution is -2.05. The molecule has 0 radical (unpaired) electrons. The van der Waals surface area contributed by atoms with Gasteiger partial charge < -0.3 is 0 Å². The standard InChI is InChI=1S/C8H4Br2F4.C6H6/c9-7(11,12)5-1-2-6(4-3-5)8(10,13)14;1-2-4-6-5-3-1/h1-4H;1-6H. The molecule has 0 spiro atoms. The third kappa shape index (κ3) is 6.05. The highest BCUT2D eigenvalue weighted by molar-refractivity contribution is 9.09. The van der Waals surface area contributed by atoms with Crippen molar-refractivity contribution >= 4 is 31.9 Å². The second kappa shape index (κ2) is 7.22. The highest BCUT2D eigenvalue weighted by atomic mass is 79.9. The highest BCUT2D eigenvalue weighted by Gasteiger charge is 2.30. The maximum atomic E-state index is 12.6. The Kier molecular flexibility index (Phi) is 6.20. The summed E-state index contributed by atoms with van der Waals surface area (Å²) in [6.45, 7) is 0. The molecule has 0 atom stereocenters. The number of hydrogen-bond acceptors (Lipinski definition) is 0. The van der Waals surface area contributed by atoms with E-state index in [1.807, 2.05) is 36.4 Å². The Hall–Kier alpha value is -0.880. The van der Waals surface area contributed by atoms with Crippen LogP contribution in [0.4, 0.5) is 17.6 Å². The van der Waals surface area contributed by atoms with Crippen LogP contribution in [0.3, 0.4) is 0 Å². The Balaban J connectivity index is 0.000000276. The van der Waals surface area contributed by atoms with Gasteiger partial charge in [0.2, 0.25) is 0 Å². The summed E-state index contributed by atoms with van der Waals surface area (Å²) in [5, 5.41) is 0. The highest BCUT2D eigenvalue weighted by Crippen LogP contribution is 2.38. The van der Waals surface area contributed by atoms with Crippen molar-refractivity contribution in [3.63, 3.8) is 0 Å². The van der Waals surface area contributed by atoms with Gasteiger partial charge in [-0.25, -0.2) is 0 Å². The second-order valence-electron chi connectivity index (χ2n) is 3.73. The topological polar surface area (TPSA) is 0 Å². The van der Waals surface area contributed by atoms with E-state index in [2.05, 4.69) is 31.9 Å². The molecular formula is C14H10Br2F4. The molecule has 2 aromatic carbocycles. The second-order valence-corrected chi connectivity index (χ2v) is 5.72. The first-order valence-electron chi connectivity index (χ1n) is 5.46. The smallest absolute Gasteiger partial charge is 0.188 e. The minimum absolute atomic E-state index is 0.363. The molecule has 0 bridgehead atoms. The van der Waals surface area contributed by atoms with Crippen molar-refractivity contribution in [1.82, 2.24) is 0 Å². The molecule has 0 aliphatic carbocycles. The Morgan fingerprint density at radius 3 is 0.900 bits per heavy atom. The Morgan fingerprint density at radius 1 is 0.550 bits per heavy atom. The fraction of sp³-hybridized carbons (Fsp3) is 0.143. The molecule has 0 aliphatic heterocycles. The van der Waals surface area contributed by atoms with Gasteiger partial charge in [0.05, 0.1) is 0 Å².